The average Bonchev–Trinajstić information content (AvgIpc) is 2.46. The zero-order chi connectivity index (χ0) is 14.5. The van der Waals surface area contributed by atoms with E-state index in [1.54, 1.807) is 12.3 Å². The standard InChI is InChI=1S/C12H20N6O2/c1-16-4-6-17(7-5-16)10-8-12(20)18(14-9-10)3-2-11(19)15-13/h8-9H,2-7,13H2,1H3,(H,15,19). The molecule has 8 heteroatoms. The highest BCUT2D eigenvalue weighted by Crippen LogP contribution is 2.11. The highest BCUT2D eigenvalue weighted by Gasteiger charge is 2.15. The molecule has 1 aliphatic rings. The van der Waals surface area contributed by atoms with Crippen molar-refractivity contribution in [2.45, 2.75) is 13.0 Å². The summed E-state index contributed by atoms with van der Waals surface area (Å²) in [6.45, 7) is 3.94. The van der Waals surface area contributed by atoms with E-state index in [0.717, 1.165) is 31.9 Å². The van der Waals surface area contributed by atoms with Crippen molar-refractivity contribution in [3.63, 3.8) is 0 Å². The van der Waals surface area contributed by atoms with Crippen molar-refractivity contribution in [2.24, 2.45) is 5.84 Å². The molecule has 0 bridgehead atoms. The van der Waals surface area contributed by atoms with Gasteiger partial charge in [-0.15, -0.1) is 0 Å². The maximum atomic E-state index is 11.9. The van der Waals surface area contributed by atoms with Crippen LogP contribution in [0.3, 0.4) is 0 Å². The number of piperazine rings is 1. The molecule has 1 amide bonds. The summed E-state index contributed by atoms with van der Waals surface area (Å²) in [6.07, 6.45) is 1.81. The Morgan fingerprint density at radius 1 is 1.40 bits per heavy atom. The normalized spacial score (nSPS) is 16.2. The van der Waals surface area contributed by atoms with Crippen LogP contribution in [0.1, 0.15) is 6.42 Å². The van der Waals surface area contributed by atoms with Gasteiger partial charge in [-0.3, -0.25) is 15.0 Å². The van der Waals surface area contributed by atoms with Gasteiger partial charge in [0.1, 0.15) is 0 Å². The van der Waals surface area contributed by atoms with Crippen molar-refractivity contribution in [1.29, 1.82) is 0 Å². The molecule has 1 aliphatic heterocycles. The van der Waals surface area contributed by atoms with E-state index in [2.05, 4.69) is 21.9 Å². The topological polar surface area (TPSA) is 96.5 Å². The predicted octanol–water partition coefficient (Wildman–Crippen LogP) is -1.62. The summed E-state index contributed by atoms with van der Waals surface area (Å²) in [5, 5.41) is 4.11. The van der Waals surface area contributed by atoms with Crippen molar-refractivity contribution in [3.8, 4) is 0 Å². The number of amides is 1. The van der Waals surface area contributed by atoms with Gasteiger partial charge in [-0.25, -0.2) is 10.5 Å². The summed E-state index contributed by atoms with van der Waals surface area (Å²) < 4.78 is 1.27. The van der Waals surface area contributed by atoms with E-state index in [4.69, 9.17) is 5.84 Å². The smallest absolute Gasteiger partial charge is 0.268 e. The Bertz CT molecular complexity index is 521. The number of aryl methyl sites for hydroxylation is 1. The Kier molecular flexibility index (Phi) is 4.70. The second-order valence-corrected chi connectivity index (χ2v) is 4.88. The van der Waals surface area contributed by atoms with E-state index in [0.29, 0.717) is 0 Å². The molecule has 1 aromatic heterocycles. The molecule has 0 saturated carbocycles. The lowest BCUT2D eigenvalue weighted by Crippen LogP contribution is -2.45. The van der Waals surface area contributed by atoms with Crippen LogP contribution in [0.4, 0.5) is 5.69 Å². The molecule has 0 aromatic carbocycles. The van der Waals surface area contributed by atoms with E-state index >= 15 is 0 Å². The van der Waals surface area contributed by atoms with Crippen LogP contribution in [-0.4, -0.2) is 53.8 Å². The number of hydrogen-bond donors (Lipinski definition) is 2. The third-order valence-corrected chi connectivity index (χ3v) is 3.44. The minimum atomic E-state index is -0.318. The Balaban J connectivity index is 2.02. The number of hydrazine groups is 1. The number of nitrogens with one attached hydrogen (secondary N) is 1. The van der Waals surface area contributed by atoms with Crippen LogP contribution >= 0.6 is 0 Å². The van der Waals surface area contributed by atoms with Crippen LogP contribution in [0.15, 0.2) is 17.1 Å². The largest absolute Gasteiger partial charge is 0.368 e. The first-order valence-corrected chi connectivity index (χ1v) is 6.60. The number of rotatable bonds is 4. The first-order valence-electron chi connectivity index (χ1n) is 6.60. The molecular weight excluding hydrogens is 260 g/mol. The molecule has 0 unspecified atom stereocenters. The molecule has 110 valence electrons. The fourth-order valence-corrected chi connectivity index (χ4v) is 2.11. The maximum absolute atomic E-state index is 11.9. The van der Waals surface area contributed by atoms with Gasteiger partial charge in [0.25, 0.3) is 5.56 Å². The van der Waals surface area contributed by atoms with E-state index in [9.17, 15) is 9.59 Å². The van der Waals surface area contributed by atoms with Crippen molar-refractivity contribution in [3.05, 3.63) is 22.6 Å². The fraction of sp³-hybridized carbons (Fsp3) is 0.583. The summed E-state index contributed by atoms with van der Waals surface area (Å²) in [6, 6.07) is 1.57. The van der Waals surface area contributed by atoms with Crippen LogP contribution in [0, 0.1) is 0 Å². The van der Waals surface area contributed by atoms with E-state index in [1.807, 2.05) is 5.43 Å². The van der Waals surface area contributed by atoms with E-state index < -0.39 is 0 Å². The summed E-state index contributed by atoms with van der Waals surface area (Å²) in [7, 11) is 2.08. The highest BCUT2D eigenvalue weighted by atomic mass is 16.2. The first-order chi connectivity index (χ1) is 9.60. The number of hydrogen-bond acceptors (Lipinski definition) is 6. The van der Waals surface area contributed by atoms with Crippen molar-refractivity contribution < 1.29 is 4.79 Å². The summed E-state index contributed by atoms with van der Waals surface area (Å²) in [4.78, 5) is 27.4. The van der Waals surface area contributed by atoms with Crippen molar-refractivity contribution in [1.82, 2.24) is 20.1 Å². The van der Waals surface area contributed by atoms with Gasteiger partial charge >= 0.3 is 0 Å². The predicted molar refractivity (Wildman–Crippen MR) is 75.2 cm³/mol. The second kappa shape index (κ2) is 6.49. The number of nitrogens with two attached hydrogens (primary N) is 1. The maximum Gasteiger partial charge on any atom is 0.268 e. The van der Waals surface area contributed by atoms with Gasteiger partial charge < -0.3 is 9.80 Å². The minimum absolute atomic E-state index is 0.136. The highest BCUT2D eigenvalue weighted by molar-refractivity contribution is 5.74. The van der Waals surface area contributed by atoms with Gasteiger partial charge in [-0.2, -0.15) is 5.10 Å². The van der Waals surface area contributed by atoms with E-state index in [-0.39, 0.29) is 24.4 Å². The molecule has 1 aromatic rings. The molecule has 8 nitrogen and oxygen atoms in total. The average molecular weight is 280 g/mol. The van der Waals surface area contributed by atoms with E-state index in [1.165, 1.54) is 4.68 Å². The van der Waals surface area contributed by atoms with Crippen molar-refractivity contribution in [2.75, 3.05) is 38.1 Å². The second-order valence-electron chi connectivity index (χ2n) is 4.88. The van der Waals surface area contributed by atoms with Gasteiger partial charge in [-0.1, -0.05) is 0 Å². The van der Waals surface area contributed by atoms with Crippen LogP contribution in [0.2, 0.25) is 0 Å². The first kappa shape index (κ1) is 14.5. The summed E-state index contributed by atoms with van der Waals surface area (Å²) in [5.74, 6) is 4.67. The fourth-order valence-electron chi connectivity index (χ4n) is 2.11. The summed E-state index contributed by atoms with van der Waals surface area (Å²) in [5.41, 5.74) is 2.66. The minimum Gasteiger partial charge on any atom is -0.368 e. The molecule has 0 aliphatic carbocycles. The summed E-state index contributed by atoms with van der Waals surface area (Å²) >= 11 is 0. The Morgan fingerprint density at radius 2 is 2.10 bits per heavy atom. The molecule has 2 rings (SSSR count). The molecule has 1 fully saturated rings. The molecule has 3 N–H and O–H groups in total. The number of aromatic nitrogens is 2. The quantitative estimate of drug-likeness (QED) is 0.391. The third-order valence-electron chi connectivity index (χ3n) is 3.44. The lowest BCUT2D eigenvalue weighted by atomic mass is 10.3. The van der Waals surface area contributed by atoms with Crippen LogP contribution < -0.4 is 21.7 Å². The van der Waals surface area contributed by atoms with Gasteiger partial charge in [0.05, 0.1) is 18.4 Å². The molecule has 2 heterocycles. The zero-order valence-electron chi connectivity index (χ0n) is 11.6. The Morgan fingerprint density at radius 3 is 2.70 bits per heavy atom. The van der Waals surface area contributed by atoms with Crippen molar-refractivity contribution >= 4 is 11.6 Å². The number of likely N-dealkylation sites (N-methyl/N-ethyl adjacent to an activating group) is 1. The number of anilines is 1. The molecule has 0 atom stereocenters. The van der Waals surface area contributed by atoms with Gasteiger partial charge in [0, 0.05) is 38.7 Å². The van der Waals surface area contributed by atoms with Gasteiger partial charge in [0.2, 0.25) is 5.91 Å². The molecule has 20 heavy (non-hydrogen) atoms. The number of nitrogens with zero attached hydrogens (tertiary/aromatic N) is 4. The third kappa shape index (κ3) is 3.55. The molecule has 0 spiro atoms. The number of carbonyl (C=O) groups excluding carboxylic acids is 1. The zero-order valence-corrected chi connectivity index (χ0v) is 11.6. The van der Waals surface area contributed by atoms with Crippen LogP contribution in [-0.2, 0) is 11.3 Å². The molecular formula is C12H20N6O2. The lowest BCUT2D eigenvalue weighted by molar-refractivity contribution is -0.121. The monoisotopic (exact) mass is 280 g/mol. The SMILES string of the molecule is CN1CCN(c2cnn(CCC(=O)NN)c(=O)c2)CC1. The lowest BCUT2D eigenvalue weighted by Gasteiger charge is -2.33. The molecule has 1 saturated heterocycles. The van der Waals surface area contributed by atoms with Gasteiger partial charge in [0.15, 0.2) is 0 Å². The Labute approximate surface area is 117 Å². The van der Waals surface area contributed by atoms with Crippen LogP contribution in [0.5, 0.6) is 0 Å². The van der Waals surface area contributed by atoms with Crippen LogP contribution in [0.25, 0.3) is 0 Å². The Hall–Kier alpha value is -1.93. The van der Waals surface area contributed by atoms with Gasteiger partial charge in [-0.05, 0) is 7.05 Å². The number of carbonyl (C=O) groups is 1. The molecule has 0 radical (unpaired) electrons.